The van der Waals surface area contributed by atoms with Gasteiger partial charge in [-0.25, -0.2) is 4.98 Å². The van der Waals surface area contributed by atoms with Crippen molar-refractivity contribution in [3.63, 3.8) is 0 Å². The van der Waals surface area contributed by atoms with Gasteiger partial charge in [-0.3, -0.25) is 14.2 Å². The predicted molar refractivity (Wildman–Crippen MR) is 136 cm³/mol. The fourth-order valence-corrected chi connectivity index (χ4v) is 4.33. The van der Waals surface area contributed by atoms with Gasteiger partial charge in [0.15, 0.2) is 5.16 Å². The number of nitrogens with one attached hydrogen (secondary N) is 1. The quantitative estimate of drug-likeness (QED) is 0.368. The Morgan fingerprint density at radius 2 is 1.97 bits per heavy atom. The molecule has 178 valence electrons. The Morgan fingerprint density at radius 1 is 1.29 bits per heavy atom. The maximum Gasteiger partial charge on any atom is 0.266 e. The number of benzene rings is 2. The van der Waals surface area contributed by atoms with Crippen molar-refractivity contribution in [3.8, 4) is 17.5 Å². The highest BCUT2D eigenvalue weighted by Gasteiger charge is 2.32. The fourth-order valence-electron chi connectivity index (χ4n) is 3.26. The normalized spacial score (nSPS) is 13.9. The number of hydrogen-bond acceptors (Lipinski definition) is 6. The van der Waals surface area contributed by atoms with Gasteiger partial charge in [-0.2, -0.15) is 5.26 Å². The molecule has 0 spiro atoms. The molecule has 0 bridgehead atoms. The number of carbonyl (C=O) groups is 1. The van der Waals surface area contributed by atoms with Crippen molar-refractivity contribution >= 4 is 40.2 Å². The summed E-state index contributed by atoms with van der Waals surface area (Å²) in [7, 11) is 1.50. The summed E-state index contributed by atoms with van der Waals surface area (Å²) in [6, 6.07) is 12.6. The van der Waals surface area contributed by atoms with Gasteiger partial charge in [0.05, 0.1) is 35.0 Å². The maximum atomic E-state index is 13.6. The molecule has 0 aliphatic carbocycles. The van der Waals surface area contributed by atoms with Crippen molar-refractivity contribution in [2.45, 2.75) is 50.6 Å². The Labute approximate surface area is 208 Å². The van der Waals surface area contributed by atoms with E-state index in [9.17, 15) is 14.9 Å². The summed E-state index contributed by atoms with van der Waals surface area (Å²) in [6.45, 7) is 8.99. The van der Waals surface area contributed by atoms with Crippen molar-refractivity contribution < 1.29 is 9.53 Å². The lowest BCUT2D eigenvalue weighted by molar-refractivity contribution is -0.121. The Hall–Kier alpha value is -3.02. The van der Waals surface area contributed by atoms with Gasteiger partial charge >= 0.3 is 0 Å². The fraction of sp³-hybridized carbons (Fsp3) is 0.360. The number of para-hydroxylation sites is 1. The van der Waals surface area contributed by atoms with Gasteiger partial charge in [0.1, 0.15) is 11.3 Å². The second-order valence-electron chi connectivity index (χ2n) is 8.54. The van der Waals surface area contributed by atoms with Gasteiger partial charge in [0, 0.05) is 11.1 Å². The molecule has 1 amide bonds. The van der Waals surface area contributed by atoms with E-state index < -0.39 is 10.8 Å². The minimum Gasteiger partial charge on any atom is -0.495 e. The van der Waals surface area contributed by atoms with Crippen molar-refractivity contribution in [1.82, 2.24) is 14.9 Å². The zero-order valence-electron chi connectivity index (χ0n) is 20.0. The maximum absolute atomic E-state index is 13.6. The minimum absolute atomic E-state index is 0.0862. The first-order chi connectivity index (χ1) is 16.0. The molecule has 2 aromatic carbocycles. The van der Waals surface area contributed by atoms with Crippen LogP contribution in [0, 0.1) is 24.2 Å². The Kier molecular flexibility index (Phi) is 7.59. The van der Waals surface area contributed by atoms with Crippen LogP contribution >= 0.6 is 23.4 Å². The van der Waals surface area contributed by atoms with Crippen LogP contribution in [0.15, 0.2) is 46.3 Å². The predicted octanol–water partition coefficient (Wildman–Crippen LogP) is 4.89. The van der Waals surface area contributed by atoms with E-state index in [1.54, 1.807) is 50.2 Å². The average Bonchev–Trinajstić information content (AvgIpc) is 2.80. The third-order valence-electron chi connectivity index (χ3n) is 5.87. The van der Waals surface area contributed by atoms with Crippen LogP contribution in [0.25, 0.3) is 16.6 Å². The highest BCUT2D eigenvalue weighted by atomic mass is 35.5. The van der Waals surface area contributed by atoms with Gasteiger partial charge in [-0.05, 0) is 50.5 Å². The van der Waals surface area contributed by atoms with E-state index in [0.717, 1.165) is 17.3 Å². The lowest BCUT2D eigenvalue weighted by Crippen LogP contribution is -2.51. The molecule has 1 aromatic heterocycles. The zero-order chi connectivity index (χ0) is 25.2. The third kappa shape index (κ3) is 4.91. The Balaban J connectivity index is 2.15. The molecule has 0 aliphatic heterocycles. The highest BCUT2D eigenvalue weighted by molar-refractivity contribution is 8.00. The van der Waals surface area contributed by atoms with Crippen LogP contribution in [0.4, 0.5) is 0 Å². The largest absolute Gasteiger partial charge is 0.495 e. The molecule has 3 rings (SSSR count). The van der Waals surface area contributed by atoms with E-state index in [1.807, 2.05) is 20.8 Å². The van der Waals surface area contributed by atoms with E-state index in [-0.39, 0.29) is 17.4 Å². The van der Waals surface area contributed by atoms with Gasteiger partial charge in [0.2, 0.25) is 5.91 Å². The number of aromatic nitrogens is 2. The Morgan fingerprint density at radius 3 is 2.59 bits per heavy atom. The van der Waals surface area contributed by atoms with E-state index >= 15 is 0 Å². The first-order valence-electron chi connectivity index (χ1n) is 10.8. The first-order valence-corrected chi connectivity index (χ1v) is 12.0. The van der Waals surface area contributed by atoms with Crippen LogP contribution in [0.3, 0.4) is 0 Å². The molecule has 0 saturated heterocycles. The summed E-state index contributed by atoms with van der Waals surface area (Å²) in [5.41, 5.74) is 0.462. The second kappa shape index (κ2) is 10.1. The molecule has 3 aromatic rings. The number of nitrogens with zero attached hydrogens (tertiary/aromatic N) is 3. The number of fused-ring (bicyclic) bond motifs is 1. The second-order valence-corrected chi connectivity index (χ2v) is 10.3. The summed E-state index contributed by atoms with van der Waals surface area (Å²) in [5, 5.41) is 13.1. The smallest absolute Gasteiger partial charge is 0.266 e. The topological polar surface area (TPSA) is 97.0 Å². The van der Waals surface area contributed by atoms with Crippen molar-refractivity contribution in [1.29, 1.82) is 5.26 Å². The molecule has 9 heteroatoms. The molecule has 2 atom stereocenters. The van der Waals surface area contributed by atoms with E-state index in [1.165, 1.54) is 11.7 Å². The van der Waals surface area contributed by atoms with E-state index in [4.69, 9.17) is 21.3 Å². The number of rotatable bonds is 7. The number of carbonyl (C=O) groups excluding carboxylic acids is 1. The standard InChI is InChI=1S/C25H27ClN4O3S/c1-14(2)25(5,13-27)29-22(31)16(4)34-24-28-19-10-8-7-9-17(19)23(32)30(24)20-11-15(3)18(26)12-21(20)33-6/h7-12,14,16H,1-6H3,(H,29,31). The van der Waals surface area contributed by atoms with Gasteiger partial charge in [-0.1, -0.05) is 49.3 Å². The molecular formula is C25H27ClN4O3S. The summed E-state index contributed by atoms with van der Waals surface area (Å²) in [5.74, 6) is -0.00140. The molecular weight excluding hydrogens is 472 g/mol. The molecule has 1 N–H and O–H groups in total. The lowest BCUT2D eigenvalue weighted by Gasteiger charge is -2.28. The molecule has 0 saturated carbocycles. The number of hydrogen-bond donors (Lipinski definition) is 1. The third-order valence-corrected chi connectivity index (χ3v) is 7.33. The molecule has 2 unspecified atom stereocenters. The Bertz CT molecular complexity index is 1350. The number of amides is 1. The summed E-state index contributed by atoms with van der Waals surface area (Å²) < 4.78 is 6.97. The van der Waals surface area contributed by atoms with Crippen LogP contribution in [-0.2, 0) is 4.79 Å². The van der Waals surface area contributed by atoms with E-state index in [2.05, 4.69) is 11.4 Å². The number of ether oxygens (including phenoxy) is 1. The van der Waals surface area contributed by atoms with Crippen molar-refractivity contribution in [3.05, 3.63) is 57.3 Å². The summed E-state index contributed by atoms with van der Waals surface area (Å²) in [4.78, 5) is 31.3. The van der Waals surface area contributed by atoms with Gasteiger partial charge in [0.25, 0.3) is 5.56 Å². The minimum atomic E-state index is -1.01. The number of halogens is 1. The number of aryl methyl sites for hydroxylation is 1. The SMILES string of the molecule is COc1cc(Cl)c(C)cc1-n1c(SC(C)C(=O)NC(C)(C#N)C(C)C)nc2ccccc2c1=O. The molecule has 0 fully saturated rings. The monoisotopic (exact) mass is 498 g/mol. The van der Waals surface area contributed by atoms with Crippen LogP contribution in [0.5, 0.6) is 5.75 Å². The van der Waals surface area contributed by atoms with Crippen molar-refractivity contribution in [2.24, 2.45) is 5.92 Å². The van der Waals surface area contributed by atoms with Crippen molar-refractivity contribution in [2.75, 3.05) is 7.11 Å². The van der Waals surface area contributed by atoms with E-state index in [0.29, 0.717) is 32.5 Å². The molecule has 34 heavy (non-hydrogen) atoms. The number of thioether (sulfide) groups is 1. The number of methoxy groups -OCH3 is 1. The average molecular weight is 499 g/mol. The first kappa shape index (κ1) is 25.6. The van der Waals surface area contributed by atoms with Crippen LogP contribution in [0.1, 0.15) is 33.3 Å². The van der Waals surface area contributed by atoms with Gasteiger partial charge in [-0.15, -0.1) is 0 Å². The van der Waals surface area contributed by atoms with Crippen LogP contribution in [0.2, 0.25) is 5.02 Å². The molecule has 7 nitrogen and oxygen atoms in total. The van der Waals surface area contributed by atoms with Gasteiger partial charge < -0.3 is 10.1 Å². The van der Waals surface area contributed by atoms with Crippen LogP contribution in [-0.4, -0.2) is 33.4 Å². The summed E-state index contributed by atoms with van der Waals surface area (Å²) >= 11 is 7.42. The molecule has 1 heterocycles. The molecule has 0 radical (unpaired) electrons. The highest BCUT2D eigenvalue weighted by Crippen LogP contribution is 2.33. The van der Waals surface area contributed by atoms with Crippen LogP contribution < -0.4 is 15.6 Å². The number of nitriles is 1. The zero-order valence-corrected chi connectivity index (χ0v) is 21.5. The summed E-state index contributed by atoms with van der Waals surface area (Å²) in [6.07, 6.45) is 0. The molecule has 0 aliphatic rings. The lowest BCUT2D eigenvalue weighted by atomic mass is 9.90.